The molecule has 2 heterocycles. The summed E-state index contributed by atoms with van der Waals surface area (Å²) in [7, 11) is 3.29. The Bertz CT molecular complexity index is 691. The summed E-state index contributed by atoms with van der Waals surface area (Å²) >= 11 is 0. The first-order chi connectivity index (χ1) is 12.8. The van der Waals surface area contributed by atoms with Gasteiger partial charge < -0.3 is 38.3 Å². The second kappa shape index (κ2) is 13.8. The highest BCUT2D eigenvalue weighted by Crippen LogP contribution is 2.14. The van der Waals surface area contributed by atoms with Crippen LogP contribution in [0.4, 0.5) is 22.7 Å². The monoisotopic (exact) mass is 378 g/mol. The number of hydrogen-bond acceptors (Lipinski definition) is 9. The van der Waals surface area contributed by atoms with Crippen LogP contribution < -0.4 is 33.2 Å². The normalized spacial score (nSPS) is 9.11. The van der Waals surface area contributed by atoms with Crippen molar-refractivity contribution in [2.45, 2.75) is 0 Å². The van der Waals surface area contributed by atoms with Crippen LogP contribution in [-0.2, 0) is 9.59 Å². The summed E-state index contributed by atoms with van der Waals surface area (Å²) in [6.07, 6.45) is 6.22. The maximum atomic E-state index is 11.1. The highest BCUT2D eigenvalue weighted by Gasteiger charge is 2.02. The van der Waals surface area contributed by atoms with Gasteiger partial charge in [-0.25, -0.2) is 0 Å². The van der Waals surface area contributed by atoms with Gasteiger partial charge in [0.1, 0.15) is 0 Å². The number of carbonyl (C=O) groups excluding carboxylic acids is 1. The van der Waals surface area contributed by atoms with Crippen LogP contribution in [0.5, 0.6) is 0 Å². The number of nitrogens with two attached hydrogens (primary N) is 3. The van der Waals surface area contributed by atoms with E-state index in [-0.39, 0.29) is 19.0 Å². The van der Waals surface area contributed by atoms with E-state index < -0.39 is 5.97 Å². The van der Waals surface area contributed by atoms with E-state index in [4.69, 9.17) is 22.3 Å². The van der Waals surface area contributed by atoms with Gasteiger partial charge in [0.15, 0.2) is 0 Å². The number of likely N-dealkylation sites (N-methyl/N-ethyl adjacent to an activating group) is 2. The van der Waals surface area contributed by atoms with E-state index in [1.54, 1.807) is 38.6 Å². The van der Waals surface area contributed by atoms with Crippen molar-refractivity contribution in [2.75, 3.05) is 49.7 Å². The molecule has 11 nitrogen and oxygen atoms in total. The van der Waals surface area contributed by atoms with Gasteiger partial charge in [-0.3, -0.25) is 19.6 Å². The Morgan fingerprint density at radius 2 is 1.48 bits per heavy atom. The van der Waals surface area contributed by atoms with Crippen LogP contribution in [0.2, 0.25) is 0 Å². The quantitative estimate of drug-likeness (QED) is 0.351. The highest BCUT2D eigenvalue weighted by molar-refractivity contribution is 5.94. The largest absolute Gasteiger partial charge is 0.480 e. The van der Waals surface area contributed by atoms with Crippen LogP contribution in [-0.4, -0.2) is 54.1 Å². The number of rotatable bonds is 5. The minimum Gasteiger partial charge on any atom is -0.480 e. The van der Waals surface area contributed by atoms with Crippen molar-refractivity contribution in [3.63, 3.8) is 0 Å². The van der Waals surface area contributed by atoms with Gasteiger partial charge >= 0.3 is 5.97 Å². The number of anilines is 4. The maximum absolute atomic E-state index is 11.1. The molecule has 0 saturated heterocycles. The molecule has 27 heavy (non-hydrogen) atoms. The third-order valence-electron chi connectivity index (χ3n) is 2.68. The molecule has 10 N–H and O–H groups in total. The van der Waals surface area contributed by atoms with E-state index in [0.717, 1.165) is 0 Å². The summed E-state index contributed by atoms with van der Waals surface area (Å²) in [4.78, 5) is 28.2. The summed E-state index contributed by atoms with van der Waals surface area (Å²) in [5.41, 5.74) is 18.5. The van der Waals surface area contributed by atoms with Crippen molar-refractivity contribution < 1.29 is 14.7 Å². The number of aromatic nitrogens is 2. The van der Waals surface area contributed by atoms with E-state index >= 15 is 0 Å². The molecular formula is C16H26N8O3. The van der Waals surface area contributed by atoms with Crippen LogP contribution in [0.15, 0.2) is 36.9 Å². The van der Waals surface area contributed by atoms with Crippen LogP contribution in [0.1, 0.15) is 0 Å². The van der Waals surface area contributed by atoms with Crippen LogP contribution in [0.3, 0.4) is 0 Å². The van der Waals surface area contributed by atoms with E-state index in [9.17, 15) is 9.59 Å². The molecule has 11 heteroatoms. The van der Waals surface area contributed by atoms with Gasteiger partial charge in [0.25, 0.3) is 0 Å². The zero-order valence-electron chi connectivity index (χ0n) is 15.3. The van der Waals surface area contributed by atoms with E-state index in [0.29, 0.717) is 22.7 Å². The summed E-state index contributed by atoms with van der Waals surface area (Å²) < 4.78 is 0. The number of aliphatic carboxylic acids is 1. The van der Waals surface area contributed by atoms with E-state index in [1.807, 2.05) is 0 Å². The van der Waals surface area contributed by atoms with Crippen molar-refractivity contribution in [2.24, 2.45) is 0 Å². The fourth-order valence-corrected chi connectivity index (χ4v) is 1.43. The minimum atomic E-state index is -0.822. The Hall–Kier alpha value is -3.44. The minimum absolute atomic E-state index is 0.0417. The molecule has 0 aliphatic carbocycles. The fourth-order valence-electron chi connectivity index (χ4n) is 1.43. The molecular weight excluding hydrogens is 352 g/mol. The molecule has 0 bridgehead atoms. The lowest BCUT2D eigenvalue weighted by atomic mass is 10.3. The summed E-state index contributed by atoms with van der Waals surface area (Å²) in [5, 5.41) is 15.7. The van der Waals surface area contributed by atoms with Crippen molar-refractivity contribution >= 4 is 34.6 Å². The molecule has 148 valence electrons. The molecule has 0 radical (unpaired) electrons. The zero-order chi connectivity index (χ0) is 20.7. The second-order valence-corrected chi connectivity index (χ2v) is 4.97. The van der Waals surface area contributed by atoms with E-state index in [1.165, 1.54) is 12.4 Å². The second-order valence-electron chi connectivity index (χ2n) is 4.97. The lowest BCUT2D eigenvalue weighted by molar-refractivity contribution is -0.135. The standard InChI is InChI=1S/C8H12N4O.C5H7N3.C3H7NO2/c1-10-5-8(13)12-7-4-11-3-2-6(7)9;6-4-1-2-8-3-5(4)7;1-4-2-3(5)6/h2-4,10H,5H2,1H3,(H2,9,11)(H,12,13);1-3H,7H2,(H2,6,8);4H,2H2,1H3,(H,5,6). The third kappa shape index (κ3) is 11.7. The lowest BCUT2D eigenvalue weighted by Crippen LogP contribution is -2.25. The number of amides is 1. The third-order valence-corrected chi connectivity index (χ3v) is 2.68. The van der Waals surface area contributed by atoms with E-state index in [2.05, 4.69) is 25.9 Å². The predicted molar refractivity (Wildman–Crippen MR) is 106 cm³/mol. The molecule has 0 atom stereocenters. The van der Waals surface area contributed by atoms with Gasteiger partial charge in [-0.05, 0) is 26.2 Å². The average molecular weight is 378 g/mol. The first kappa shape index (κ1) is 23.6. The Morgan fingerprint density at radius 3 is 1.85 bits per heavy atom. The molecule has 0 unspecified atom stereocenters. The molecule has 2 aromatic heterocycles. The van der Waals surface area contributed by atoms with Crippen molar-refractivity contribution in [3.8, 4) is 0 Å². The Kier molecular flexibility index (Phi) is 12.0. The van der Waals surface area contributed by atoms with Gasteiger partial charge in [0.2, 0.25) is 5.91 Å². The topological polar surface area (TPSA) is 194 Å². The molecule has 0 fully saturated rings. The average Bonchev–Trinajstić information content (AvgIpc) is 2.61. The van der Waals surface area contributed by atoms with Gasteiger partial charge in [0.05, 0.1) is 48.2 Å². The zero-order valence-corrected chi connectivity index (χ0v) is 15.3. The number of carboxylic acids is 1. The number of nitrogens with zero attached hydrogens (tertiary/aromatic N) is 2. The van der Waals surface area contributed by atoms with Gasteiger partial charge in [-0.2, -0.15) is 0 Å². The summed E-state index contributed by atoms with van der Waals surface area (Å²) in [6, 6.07) is 3.30. The van der Waals surface area contributed by atoms with Crippen LogP contribution in [0, 0.1) is 0 Å². The Morgan fingerprint density at radius 1 is 0.926 bits per heavy atom. The smallest absolute Gasteiger partial charge is 0.317 e. The molecule has 0 aromatic carbocycles. The number of carboxylic acid groups (broad SMARTS) is 1. The van der Waals surface area contributed by atoms with Crippen molar-refractivity contribution in [1.82, 2.24) is 20.6 Å². The lowest BCUT2D eigenvalue weighted by Gasteiger charge is -2.05. The van der Waals surface area contributed by atoms with Crippen molar-refractivity contribution in [3.05, 3.63) is 36.9 Å². The molecule has 1 amide bonds. The molecule has 2 rings (SSSR count). The first-order valence-electron chi connectivity index (χ1n) is 7.77. The summed E-state index contributed by atoms with van der Waals surface area (Å²) in [5.74, 6) is -0.959. The first-order valence-corrected chi connectivity index (χ1v) is 7.77. The van der Waals surface area contributed by atoms with Crippen molar-refractivity contribution in [1.29, 1.82) is 0 Å². The van der Waals surface area contributed by atoms with Crippen LogP contribution in [0.25, 0.3) is 0 Å². The molecule has 0 aliphatic rings. The Balaban J connectivity index is 0.000000413. The van der Waals surface area contributed by atoms with Gasteiger partial charge in [0, 0.05) is 12.4 Å². The Labute approximate surface area is 157 Å². The van der Waals surface area contributed by atoms with Crippen LogP contribution >= 0.6 is 0 Å². The molecule has 0 spiro atoms. The molecule has 0 saturated carbocycles. The number of nitrogens with one attached hydrogen (secondary N) is 3. The number of carbonyl (C=O) groups is 2. The number of hydrogen-bond donors (Lipinski definition) is 7. The predicted octanol–water partition coefficient (Wildman–Crippen LogP) is -0.642. The molecule has 0 aliphatic heterocycles. The molecule has 2 aromatic rings. The number of pyridine rings is 2. The number of nitrogen functional groups attached to an aromatic ring is 3. The fraction of sp³-hybridized carbons (Fsp3) is 0.250. The van der Waals surface area contributed by atoms with Gasteiger partial charge in [-0.15, -0.1) is 0 Å². The summed E-state index contributed by atoms with van der Waals surface area (Å²) in [6.45, 7) is 0.300. The van der Waals surface area contributed by atoms with Gasteiger partial charge in [-0.1, -0.05) is 0 Å². The highest BCUT2D eigenvalue weighted by atomic mass is 16.4. The SMILES string of the molecule is CNCC(=O)Nc1cnccc1N.CNCC(=O)O.Nc1ccncc1N. The maximum Gasteiger partial charge on any atom is 0.317 e.